The highest BCUT2D eigenvalue weighted by Crippen LogP contribution is 2.19. The third kappa shape index (κ3) is 3.42. The Balaban J connectivity index is 2.20. The van der Waals surface area contributed by atoms with Gasteiger partial charge in [0, 0.05) is 5.56 Å². The molecule has 4 nitrogen and oxygen atoms in total. The average molecular weight is 255 g/mol. The Kier molecular flexibility index (Phi) is 3.93. The molecule has 2 N–H and O–H groups in total. The van der Waals surface area contributed by atoms with Crippen LogP contribution in [0.25, 0.3) is 11.1 Å². The molecule has 0 aliphatic carbocycles. The summed E-state index contributed by atoms with van der Waals surface area (Å²) in [5, 5.41) is 10.9. The molecule has 19 heavy (non-hydrogen) atoms. The maximum absolute atomic E-state index is 11.8. The fourth-order valence-electron chi connectivity index (χ4n) is 1.73. The number of hydrogen-bond donors (Lipinski definition) is 2. The lowest BCUT2D eigenvalue weighted by Crippen LogP contribution is -2.29. The molecule has 96 valence electrons. The second-order valence-corrected chi connectivity index (χ2v) is 4.02. The summed E-state index contributed by atoms with van der Waals surface area (Å²) < 4.78 is 0. The van der Waals surface area contributed by atoms with Gasteiger partial charge in [0.2, 0.25) is 0 Å². The van der Waals surface area contributed by atoms with Crippen molar-refractivity contribution < 1.29 is 14.7 Å². The largest absolute Gasteiger partial charge is 0.480 e. The van der Waals surface area contributed by atoms with Crippen molar-refractivity contribution in [2.24, 2.45) is 0 Å². The molecule has 0 unspecified atom stereocenters. The van der Waals surface area contributed by atoms with Gasteiger partial charge >= 0.3 is 5.97 Å². The van der Waals surface area contributed by atoms with Crippen LogP contribution in [0.15, 0.2) is 54.6 Å². The zero-order valence-electron chi connectivity index (χ0n) is 10.2. The molecule has 0 radical (unpaired) electrons. The van der Waals surface area contributed by atoms with E-state index in [1.807, 2.05) is 36.4 Å². The number of carboxylic acid groups (broad SMARTS) is 1. The maximum Gasteiger partial charge on any atom is 0.322 e. The number of nitrogens with one attached hydrogen (secondary N) is 1. The van der Waals surface area contributed by atoms with Gasteiger partial charge in [-0.15, -0.1) is 0 Å². The van der Waals surface area contributed by atoms with Gasteiger partial charge in [0.25, 0.3) is 5.91 Å². The van der Waals surface area contributed by atoms with Crippen molar-refractivity contribution >= 4 is 11.9 Å². The molecule has 0 atom stereocenters. The molecule has 2 aromatic carbocycles. The van der Waals surface area contributed by atoms with Crippen molar-refractivity contribution in [2.45, 2.75) is 0 Å². The van der Waals surface area contributed by atoms with E-state index in [2.05, 4.69) is 5.32 Å². The van der Waals surface area contributed by atoms with Gasteiger partial charge in [-0.05, 0) is 23.3 Å². The SMILES string of the molecule is O=C(O)CNC(=O)c1cccc(-c2ccccc2)c1. The van der Waals surface area contributed by atoms with E-state index in [0.29, 0.717) is 5.56 Å². The van der Waals surface area contributed by atoms with Gasteiger partial charge in [0.05, 0.1) is 0 Å². The number of hydrogen-bond acceptors (Lipinski definition) is 2. The molecule has 0 spiro atoms. The number of carbonyl (C=O) groups excluding carboxylic acids is 1. The minimum absolute atomic E-state index is 0.381. The van der Waals surface area contributed by atoms with E-state index in [0.717, 1.165) is 11.1 Å². The molecule has 1 amide bonds. The molecule has 0 aliphatic rings. The monoisotopic (exact) mass is 255 g/mol. The smallest absolute Gasteiger partial charge is 0.322 e. The fraction of sp³-hybridized carbons (Fsp3) is 0.0667. The van der Waals surface area contributed by atoms with Crippen LogP contribution < -0.4 is 5.32 Å². The van der Waals surface area contributed by atoms with Crippen LogP contribution in [0.3, 0.4) is 0 Å². The highest BCUT2D eigenvalue weighted by molar-refractivity contribution is 5.96. The van der Waals surface area contributed by atoms with E-state index in [9.17, 15) is 9.59 Å². The third-order valence-electron chi connectivity index (χ3n) is 2.63. The van der Waals surface area contributed by atoms with E-state index in [4.69, 9.17) is 5.11 Å². The molecule has 0 saturated carbocycles. The molecular formula is C15H13NO3. The average Bonchev–Trinajstić information content (AvgIpc) is 2.46. The molecule has 0 aliphatic heterocycles. The second-order valence-electron chi connectivity index (χ2n) is 4.02. The number of amides is 1. The molecule has 0 saturated heterocycles. The lowest BCUT2D eigenvalue weighted by Gasteiger charge is -2.05. The van der Waals surface area contributed by atoms with Crippen LogP contribution in [0.1, 0.15) is 10.4 Å². The lowest BCUT2D eigenvalue weighted by molar-refractivity contribution is -0.135. The Morgan fingerprint density at radius 1 is 0.947 bits per heavy atom. The molecular weight excluding hydrogens is 242 g/mol. The molecule has 0 aromatic heterocycles. The van der Waals surface area contributed by atoms with Crippen molar-refractivity contribution in [1.82, 2.24) is 5.32 Å². The minimum Gasteiger partial charge on any atom is -0.480 e. The highest BCUT2D eigenvalue weighted by atomic mass is 16.4. The zero-order chi connectivity index (χ0) is 13.7. The molecule has 4 heteroatoms. The van der Waals surface area contributed by atoms with E-state index >= 15 is 0 Å². The fourth-order valence-corrected chi connectivity index (χ4v) is 1.73. The molecule has 0 fully saturated rings. The van der Waals surface area contributed by atoms with E-state index in [1.165, 1.54) is 0 Å². The van der Waals surface area contributed by atoms with E-state index in [1.54, 1.807) is 18.2 Å². The van der Waals surface area contributed by atoms with Crippen molar-refractivity contribution in [2.75, 3.05) is 6.54 Å². The van der Waals surface area contributed by atoms with Crippen LogP contribution >= 0.6 is 0 Å². The number of benzene rings is 2. The first-order valence-corrected chi connectivity index (χ1v) is 5.82. The van der Waals surface area contributed by atoms with Crippen molar-refractivity contribution in [3.63, 3.8) is 0 Å². The Morgan fingerprint density at radius 2 is 1.63 bits per heavy atom. The molecule has 2 rings (SSSR count). The van der Waals surface area contributed by atoms with Crippen molar-refractivity contribution in [3.8, 4) is 11.1 Å². The van der Waals surface area contributed by atoms with Gasteiger partial charge < -0.3 is 10.4 Å². The Hall–Kier alpha value is -2.62. The number of carboxylic acids is 1. The van der Waals surface area contributed by atoms with Crippen LogP contribution in [0.2, 0.25) is 0 Å². The van der Waals surface area contributed by atoms with Gasteiger partial charge in [-0.1, -0.05) is 42.5 Å². The molecule has 0 heterocycles. The summed E-state index contributed by atoms with van der Waals surface area (Å²) in [5.74, 6) is -1.45. The normalized spacial score (nSPS) is 9.89. The van der Waals surface area contributed by atoms with Gasteiger partial charge in [0.15, 0.2) is 0 Å². The first-order valence-electron chi connectivity index (χ1n) is 5.82. The standard InChI is InChI=1S/C15H13NO3/c17-14(18)10-16-15(19)13-8-4-7-12(9-13)11-5-2-1-3-6-11/h1-9H,10H2,(H,16,19)(H,17,18). The van der Waals surface area contributed by atoms with Crippen LogP contribution in [0, 0.1) is 0 Å². The predicted octanol–water partition coefficient (Wildman–Crippen LogP) is 2.17. The summed E-state index contributed by atoms with van der Waals surface area (Å²) in [6.07, 6.45) is 0. The Labute approximate surface area is 110 Å². The van der Waals surface area contributed by atoms with Crippen molar-refractivity contribution in [1.29, 1.82) is 0 Å². The predicted molar refractivity (Wildman–Crippen MR) is 71.8 cm³/mol. The quantitative estimate of drug-likeness (QED) is 0.879. The van der Waals surface area contributed by atoms with E-state index in [-0.39, 0.29) is 12.5 Å². The van der Waals surface area contributed by atoms with Crippen LogP contribution in [0.4, 0.5) is 0 Å². The minimum atomic E-state index is -1.06. The third-order valence-corrected chi connectivity index (χ3v) is 2.63. The molecule has 0 bridgehead atoms. The van der Waals surface area contributed by atoms with Crippen molar-refractivity contribution in [3.05, 3.63) is 60.2 Å². The van der Waals surface area contributed by atoms with Gasteiger partial charge in [0.1, 0.15) is 6.54 Å². The van der Waals surface area contributed by atoms with E-state index < -0.39 is 5.97 Å². The second kappa shape index (κ2) is 5.82. The van der Waals surface area contributed by atoms with Crippen LogP contribution in [-0.2, 0) is 4.79 Å². The first-order chi connectivity index (χ1) is 9.16. The number of carbonyl (C=O) groups is 2. The van der Waals surface area contributed by atoms with Gasteiger partial charge in [-0.3, -0.25) is 9.59 Å². The summed E-state index contributed by atoms with van der Waals surface area (Å²) in [5.41, 5.74) is 2.38. The Bertz CT molecular complexity index is 593. The summed E-state index contributed by atoms with van der Waals surface area (Å²) in [6, 6.07) is 16.8. The maximum atomic E-state index is 11.8. The molecule has 2 aromatic rings. The highest BCUT2D eigenvalue weighted by Gasteiger charge is 2.08. The summed E-state index contributed by atoms with van der Waals surface area (Å²) >= 11 is 0. The number of aliphatic carboxylic acids is 1. The van der Waals surface area contributed by atoms with Gasteiger partial charge in [-0.25, -0.2) is 0 Å². The van der Waals surface area contributed by atoms with Crippen LogP contribution in [0.5, 0.6) is 0 Å². The summed E-state index contributed by atoms with van der Waals surface area (Å²) in [4.78, 5) is 22.2. The Morgan fingerprint density at radius 3 is 2.32 bits per heavy atom. The topological polar surface area (TPSA) is 66.4 Å². The van der Waals surface area contributed by atoms with Gasteiger partial charge in [-0.2, -0.15) is 0 Å². The lowest BCUT2D eigenvalue weighted by atomic mass is 10.0. The summed E-state index contributed by atoms with van der Waals surface area (Å²) in [6.45, 7) is -0.381. The van der Waals surface area contributed by atoms with Crippen LogP contribution in [-0.4, -0.2) is 23.5 Å². The zero-order valence-corrected chi connectivity index (χ0v) is 10.2. The summed E-state index contributed by atoms with van der Waals surface area (Å²) in [7, 11) is 0. The first kappa shape index (κ1) is 12.8. The number of rotatable bonds is 4.